The third-order valence-electron chi connectivity index (χ3n) is 3.60. The third kappa shape index (κ3) is 3.33. The van der Waals surface area contributed by atoms with Gasteiger partial charge in [0.2, 0.25) is 0 Å². The van der Waals surface area contributed by atoms with Gasteiger partial charge in [-0.1, -0.05) is 38.1 Å². The molecule has 2 unspecified atom stereocenters. The van der Waals surface area contributed by atoms with Crippen LogP contribution in [0, 0.1) is 5.92 Å². The summed E-state index contributed by atoms with van der Waals surface area (Å²) in [5.74, 6) is 0.253. The van der Waals surface area contributed by atoms with Gasteiger partial charge in [-0.2, -0.15) is 0 Å². The minimum Gasteiger partial charge on any atom is -0.363 e. The van der Waals surface area contributed by atoms with Gasteiger partial charge in [-0.15, -0.1) is 0 Å². The minimum atomic E-state index is -0.496. The van der Waals surface area contributed by atoms with Crippen molar-refractivity contribution in [1.82, 2.24) is 5.32 Å². The molecule has 104 valence electrons. The molecule has 3 N–H and O–H groups in total. The van der Waals surface area contributed by atoms with Crippen molar-refractivity contribution in [2.24, 2.45) is 11.7 Å². The smallest absolute Gasteiger partial charge is 0.253 e. The van der Waals surface area contributed by atoms with Gasteiger partial charge in [-0.3, -0.25) is 4.79 Å². The average molecular weight is 262 g/mol. The summed E-state index contributed by atoms with van der Waals surface area (Å²) in [5, 5.41) is 2.89. The number of carbonyl (C=O) groups is 1. The van der Waals surface area contributed by atoms with Gasteiger partial charge in [0.05, 0.1) is 6.61 Å². The molecule has 1 heterocycles. The zero-order valence-corrected chi connectivity index (χ0v) is 11.6. The van der Waals surface area contributed by atoms with Crippen LogP contribution in [0.3, 0.4) is 0 Å². The van der Waals surface area contributed by atoms with Crippen molar-refractivity contribution in [3.8, 4) is 0 Å². The number of nitrogens with two attached hydrogens (primary N) is 1. The molecule has 0 radical (unpaired) electrons. The number of carbonyl (C=O) groups excluding carboxylic acids is 1. The van der Waals surface area contributed by atoms with Gasteiger partial charge < -0.3 is 15.8 Å². The van der Waals surface area contributed by atoms with Crippen LogP contribution >= 0.6 is 0 Å². The lowest BCUT2D eigenvalue weighted by Gasteiger charge is -2.26. The standard InChI is InChI=1S/C15H22N2O2/c1-10(2)13(16)9-17-15(18)14-12-6-4-3-5-11(12)7-8-19-14/h3-6,10,13-14H,7-9,16H2,1-2H3,(H,17,18). The first-order valence-electron chi connectivity index (χ1n) is 6.82. The zero-order chi connectivity index (χ0) is 13.8. The van der Waals surface area contributed by atoms with E-state index in [1.165, 1.54) is 5.56 Å². The van der Waals surface area contributed by atoms with Gasteiger partial charge in [0.15, 0.2) is 6.10 Å². The Morgan fingerprint density at radius 3 is 2.95 bits per heavy atom. The van der Waals surface area contributed by atoms with E-state index in [1.807, 2.05) is 32.0 Å². The van der Waals surface area contributed by atoms with Gasteiger partial charge in [0.1, 0.15) is 0 Å². The second-order valence-electron chi connectivity index (χ2n) is 5.35. The first-order chi connectivity index (χ1) is 9.09. The van der Waals surface area contributed by atoms with Crippen LogP contribution in [0.1, 0.15) is 31.1 Å². The maximum atomic E-state index is 12.2. The summed E-state index contributed by atoms with van der Waals surface area (Å²) in [6.45, 7) is 5.16. The Morgan fingerprint density at radius 1 is 1.47 bits per heavy atom. The molecule has 0 aliphatic carbocycles. The average Bonchev–Trinajstić information content (AvgIpc) is 2.43. The predicted octanol–water partition coefficient (Wildman–Crippen LogP) is 1.40. The Bertz CT molecular complexity index is 446. The summed E-state index contributed by atoms with van der Waals surface area (Å²) >= 11 is 0. The number of amides is 1. The number of nitrogens with one attached hydrogen (secondary N) is 1. The molecule has 0 saturated heterocycles. The second-order valence-corrected chi connectivity index (χ2v) is 5.35. The predicted molar refractivity (Wildman–Crippen MR) is 74.7 cm³/mol. The van der Waals surface area contributed by atoms with Crippen LogP contribution < -0.4 is 11.1 Å². The van der Waals surface area contributed by atoms with E-state index in [0.717, 1.165) is 12.0 Å². The van der Waals surface area contributed by atoms with Crippen LogP contribution in [-0.2, 0) is 16.0 Å². The lowest BCUT2D eigenvalue weighted by Crippen LogP contribution is -2.43. The molecule has 0 bridgehead atoms. The van der Waals surface area contributed by atoms with Crippen molar-refractivity contribution < 1.29 is 9.53 Å². The SMILES string of the molecule is CC(C)C(N)CNC(=O)C1OCCc2ccccc21. The van der Waals surface area contributed by atoms with Gasteiger partial charge in [0.25, 0.3) is 5.91 Å². The zero-order valence-electron chi connectivity index (χ0n) is 11.6. The molecule has 1 aliphatic heterocycles. The van der Waals surface area contributed by atoms with Crippen molar-refractivity contribution >= 4 is 5.91 Å². The summed E-state index contributed by atoms with van der Waals surface area (Å²) in [7, 11) is 0. The first-order valence-corrected chi connectivity index (χ1v) is 6.82. The number of hydrogen-bond donors (Lipinski definition) is 2. The molecule has 1 aromatic rings. The molecule has 1 amide bonds. The van der Waals surface area contributed by atoms with E-state index in [-0.39, 0.29) is 11.9 Å². The number of hydrogen-bond acceptors (Lipinski definition) is 3. The highest BCUT2D eigenvalue weighted by molar-refractivity contribution is 5.82. The van der Waals surface area contributed by atoms with Crippen molar-refractivity contribution in [2.45, 2.75) is 32.4 Å². The Kier molecular flexibility index (Phi) is 4.56. The third-order valence-corrected chi connectivity index (χ3v) is 3.60. The molecule has 2 rings (SSSR count). The number of ether oxygens (including phenoxy) is 1. The topological polar surface area (TPSA) is 64.3 Å². The molecule has 0 spiro atoms. The number of rotatable bonds is 4. The van der Waals surface area contributed by atoms with Crippen LogP contribution in [0.2, 0.25) is 0 Å². The molecule has 0 fully saturated rings. The van der Waals surface area contributed by atoms with Crippen molar-refractivity contribution in [3.63, 3.8) is 0 Å². The van der Waals surface area contributed by atoms with E-state index < -0.39 is 6.10 Å². The second kappa shape index (κ2) is 6.17. The maximum absolute atomic E-state index is 12.2. The molecule has 2 atom stereocenters. The van der Waals surface area contributed by atoms with Crippen LogP contribution in [-0.4, -0.2) is 25.1 Å². The molecular formula is C15H22N2O2. The lowest BCUT2D eigenvalue weighted by atomic mass is 9.97. The van der Waals surface area contributed by atoms with E-state index >= 15 is 0 Å². The van der Waals surface area contributed by atoms with E-state index in [2.05, 4.69) is 11.4 Å². The highest BCUT2D eigenvalue weighted by atomic mass is 16.5. The van der Waals surface area contributed by atoms with Crippen LogP contribution in [0.25, 0.3) is 0 Å². The molecule has 0 saturated carbocycles. The monoisotopic (exact) mass is 262 g/mol. The fourth-order valence-electron chi connectivity index (χ4n) is 2.16. The van der Waals surface area contributed by atoms with Gasteiger partial charge >= 0.3 is 0 Å². The lowest BCUT2D eigenvalue weighted by molar-refractivity contribution is -0.134. The Morgan fingerprint density at radius 2 is 2.21 bits per heavy atom. The summed E-state index contributed by atoms with van der Waals surface area (Å²) in [6, 6.07) is 7.92. The highest BCUT2D eigenvalue weighted by Crippen LogP contribution is 2.26. The van der Waals surface area contributed by atoms with E-state index in [9.17, 15) is 4.79 Å². The summed E-state index contributed by atoms with van der Waals surface area (Å²) in [5.41, 5.74) is 8.11. The molecule has 19 heavy (non-hydrogen) atoms. The first kappa shape index (κ1) is 14.0. The summed E-state index contributed by atoms with van der Waals surface area (Å²) < 4.78 is 5.61. The van der Waals surface area contributed by atoms with Crippen LogP contribution in [0.5, 0.6) is 0 Å². The Balaban J connectivity index is 2.01. The van der Waals surface area contributed by atoms with Crippen molar-refractivity contribution in [3.05, 3.63) is 35.4 Å². The molecule has 1 aliphatic rings. The van der Waals surface area contributed by atoms with Crippen molar-refractivity contribution in [1.29, 1.82) is 0 Å². The largest absolute Gasteiger partial charge is 0.363 e. The minimum absolute atomic E-state index is 0.0252. The van der Waals surface area contributed by atoms with Gasteiger partial charge in [-0.05, 0) is 23.5 Å². The quantitative estimate of drug-likeness (QED) is 0.862. The fraction of sp³-hybridized carbons (Fsp3) is 0.533. The molecular weight excluding hydrogens is 240 g/mol. The van der Waals surface area contributed by atoms with E-state index in [4.69, 9.17) is 10.5 Å². The van der Waals surface area contributed by atoms with Gasteiger partial charge in [0, 0.05) is 12.6 Å². The van der Waals surface area contributed by atoms with Gasteiger partial charge in [-0.25, -0.2) is 0 Å². The summed E-state index contributed by atoms with van der Waals surface area (Å²) in [6.07, 6.45) is 0.371. The highest BCUT2D eigenvalue weighted by Gasteiger charge is 2.27. The number of benzene rings is 1. The Labute approximate surface area is 114 Å². The Hall–Kier alpha value is -1.39. The molecule has 0 aromatic heterocycles. The maximum Gasteiger partial charge on any atom is 0.253 e. The van der Waals surface area contributed by atoms with Crippen LogP contribution in [0.4, 0.5) is 0 Å². The molecule has 4 nitrogen and oxygen atoms in total. The molecule has 4 heteroatoms. The van der Waals surface area contributed by atoms with Crippen molar-refractivity contribution in [2.75, 3.05) is 13.2 Å². The molecule has 1 aromatic carbocycles. The van der Waals surface area contributed by atoms with E-state index in [0.29, 0.717) is 19.1 Å². The number of fused-ring (bicyclic) bond motifs is 1. The van der Waals surface area contributed by atoms with E-state index in [1.54, 1.807) is 0 Å². The summed E-state index contributed by atoms with van der Waals surface area (Å²) in [4.78, 5) is 12.2. The normalized spacial score (nSPS) is 19.9. The fourth-order valence-corrected chi connectivity index (χ4v) is 2.16. The van der Waals surface area contributed by atoms with Crippen LogP contribution in [0.15, 0.2) is 24.3 Å².